The van der Waals surface area contributed by atoms with Crippen molar-refractivity contribution in [1.82, 2.24) is 20.3 Å². The van der Waals surface area contributed by atoms with Gasteiger partial charge in [0, 0.05) is 36.0 Å². The Bertz CT molecular complexity index is 677. The lowest BCUT2D eigenvalue weighted by Gasteiger charge is -2.28. The van der Waals surface area contributed by atoms with Gasteiger partial charge in [0.1, 0.15) is 11.8 Å². The largest absolute Gasteiger partial charge is 0.393 e. The number of nitrogens with two attached hydrogens (primary N) is 1. The predicted molar refractivity (Wildman–Crippen MR) is 116 cm³/mol. The second kappa shape index (κ2) is 11.5. The molecule has 0 spiro atoms. The van der Waals surface area contributed by atoms with E-state index < -0.39 is 0 Å². The Kier molecular flexibility index (Phi) is 9.38. The molecule has 2 rings (SSSR count). The van der Waals surface area contributed by atoms with Crippen LogP contribution in [0.15, 0.2) is 12.5 Å². The normalized spacial score (nSPS) is 15.1. The molecule has 0 saturated carbocycles. The zero-order valence-corrected chi connectivity index (χ0v) is 17.7. The minimum Gasteiger partial charge on any atom is -0.393 e. The number of nitrogens with zero attached hydrogens (tertiary/aromatic N) is 2. The number of unbranched alkanes of at least 4 members (excludes halogenated alkanes) is 2. The third-order valence-electron chi connectivity index (χ3n) is 5.08. The first-order chi connectivity index (χ1) is 13.1. The highest BCUT2D eigenvalue weighted by molar-refractivity contribution is 7.99. The van der Waals surface area contributed by atoms with Crippen molar-refractivity contribution in [3.8, 4) is 0 Å². The number of thioether (sulfide) groups is 1. The molecule has 152 valence electrons. The van der Waals surface area contributed by atoms with Gasteiger partial charge in [0.15, 0.2) is 5.82 Å². The van der Waals surface area contributed by atoms with Crippen LogP contribution in [-0.4, -0.2) is 43.7 Å². The van der Waals surface area contributed by atoms with Crippen LogP contribution in [0.1, 0.15) is 58.4 Å². The highest BCUT2D eigenvalue weighted by atomic mass is 32.2. The fraction of sp³-hybridized carbons (Fsp3) is 0.700. The fourth-order valence-corrected chi connectivity index (χ4v) is 4.66. The smallest absolute Gasteiger partial charge is 0.151 e. The number of anilines is 1. The summed E-state index contributed by atoms with van der Waals surface area (Å²) in [6, 6.07) is 0. The van der Waals surface area contributed by atoms with Crippen molar-refractivity contribution < 1.29 is 5.11 Å². The highest BCUT2D eigenvalue weighted by Crippen LogP contribution is 2.26. The van der Waals surface area contributed by atoms with E-state index in [2.05, 4.69) is 41.0 Å². The van der Waals surface area contributed by atoms with Gasteiger partial charge in [0.05, 0.1) is 11.6 Å². The number of aliphatic hydroxyl groups is 1. The molecule has 0 aliphatic rings. The number of aliphatic hydroxyl groups excluding tert-OH is 1. The van der Waals surface area contributed by atoms with Gasteiger partial charge in [-0.1, -0.05) is 40.0 Å². The van der Waals surface area contributed by atoms with E-state index in [9.17, 15) is 5.11 Å². The van der Waals surface area contributed by atoms with Crippen molar-refractivity contribution in [3.05, 3.63) is 18.1 Å². The van der Waals surface area contributed by atoms with Gasteiger partial charge in [0.2, 0.25) is 0 Å². The standard InChI is InChI=1S/C20H35N5OS/c1-4-6-7-9-27-14(3)16(17(26)8-5-2)12-22-10-15-11-23-19-18(15)24-13-25-20(19)21/h11,13-14,16-17,22-23,26H,4-10,12H2,1-3H3,(H2,21,24,25)/t14-,16+,17+/m0/s1. The third-order valence-corrected chi connectivity index (χ3v) is 6.48. The van der Waals surface area contributed by atoms with Crippen molar-refractivity contribution in [2.24, 2.45) is 5.92 Å². The Morgan fingerprint density at radius 3 is 2.81 bits per heavy atom. The zero-order valence-electron chi connectivity index (χ0n) is 16.9. The Morgan fingerprint density at radius 1 is 1.26 bits per heavy atom. The number of fused-ring (bicyclic) bond motifs is 1. The molecule has 6 nitrogen and oxygen atoms in total. The molecule has 0 radical (unpaired) electrons. The molecular formula is C20H35N5OS. The number of hydrogen-bond acceptors (Lipinski definition) is 6. The van der Waals surface area contributed by atoms with Gasteiger partial charge in [-0.25, -0.2) is 9.97 Å². The Hall–Kier alpha value is -1.31. The summed E-state index contributed by atoms with van der Waals surface area (Å²) in [6.07, 6.45) is 8.81. The number of nitrogens with one attached hydrogen (secondary N) is 2. The number of aromatic amines is 1. The van der Waals surface area contributed by atoms with Gasteiger partial charge in [-0.2, -0.15) is 11.8 Å². The minimum atomic E-state index is -0.267. The summed E-state index contributed by atoms with van der Waals surface area (Å²) in [5, 5.41) is 14.6. The Balaban J connectivity index is 1.92. The first-order valence-corrected chi connectivity index (χ1v) is 11.2. The molecule has 5 N–H and O–H groups in total. The highest BCUT2D eigenvalue weighted by Gasteiger charge is 2.25. The van der Waals surface area contributed by atoms with E-state index in [-0.39, 0.29) is 12.0 Å². The van der Waals surface area contributed by atoms with E-state index in [4.69, 9.17) is 5.73 Å². The summed E-state index contributed by atoms with van der Waals surface area (Å²) in [7, 11) is 0. The third kappa shape index (κ3) is 6.36. The molecule has 3 atom stereocenters. The molecule has 0 unspecified atom stereocenters. The van der Waals surface area contributed by atoms with E-state index in [0.29, 0.717) is 17.6 Å². The quantitative estimate of drug-likeness (QED) is 0.387. The maximum Gasteiger partial charge on any atom is 0.151 e. The lowest BCUT2D eigenvalue weighted by molar-refractivity contribution is 0.0975. The molecule has 2 aromatic heterocycles. The van der Waals surface area contributed by atoms with Crippen molar-refractivity contribution in [2.75, 3.05) is 18.0 Å². The van der Waals surface area contributed by atoms with Crippen LogP contribution in [0.5, 0.6) is 0 Å². The van der Waals surface area contributed by atoms with Crippen LogP contribution in [0.25, 0.3) is 11.0 Å². The molecule has 0 bridgehead atoms. The number of aromatic nitrogens is 3. The monoisotopic (exact) mass is 393 g/mol. The first-order valence-electron chi connectivity index (χ1n) is 10.1. The summed E-state index contributed by atoms with van der Waals surface area (Å²) in [6.45, 7) is 8.09. The van der Waals surface area contributed by atoms with Crippen LogP contribution < -0.4 is 11.1 Å². The molecule has 0 aromatic carbocycles. The number of hydrogen-bond donors (Lipinski definition) is 4. The van der Waals surface area contributed by atoms with Gasteiger partial charge in [-0.15, -0.1) is 0 Å². The van der Waals surface area contributed by atoms with E-state index in [1.54, 1.807) is 0 Å². The second-order valence-electron chi connectivity index (χ2n) is 7.23. The summed E-state index contributed by atoms with van der Waals surface area (Å²) >= 11 is 1.99. The molecule has 27 heavy (non-hydrogen) atoms. The van der Waals surface area contributed by atoms with Crippen LogP contribution >= 0.6 is 11.8 Å². The molecule has 0 aliphatic carbocycles. The van der Waals surface area contributed by atoms with Gasteiger partial charge in [0.25, 0.3) is 0 Å². The van der Waals surface area contributed by atoms with E-state index in [1.807, 2.05) is 18.0 Å². The lowest BCUT2D eigenvalue weighted by Crippen LogP contribution is -2.37. The first kappa shape index (κ1) is 22.0. The van der Waals surface area contributed by atoms with E-state index in [0.717, 1.165) is 36.0 Å². The summed E-state index contributed by atoms with van der Waals surface area (Å²) in [5.41, 5.74) is 8.62. The summed E-state index contributed by atoms with van der Waals surface area (Å²) in [5.74, 6) is 1.88. The summed E-state index contributed by atoms with van der Waals surface area (Å²) < 4.78 is 0. The minimum absolute atomic E-state index is 0.237. The maximum atomic E-state index is 10.7. The van der Waals surface area contributed by atoms with Crippen molar-refractivity contribution >= 4 is 28.6 Å². The van der Waals surface area contributed by atoms with Crippen molar-refractivity contribution in [3.63, 3.8) is 0 Å². The lowest BCUT2D eigenvalue weighted by atomic mass is 9.95. The number of nitrogen functional groups attached to an aromatic ring is 1. The van der Waals surface area contributed by atoms with Gasteiger partial charge in [-0.3, -0.25) is 0 Å². The molecule has 0 saturated heterocycles. The average molecular weight is 394 g/mol. The van der Waals surface area contributed by atoms with Crippen molar-refractivity contribution in [2.45, 2.75) is 70.8 Å². The van der Waals surface area contributed by atoms with Crippen LogP contribution in [0.3, 0.4) is 0 Å². The Morgan fingerprint density at radius 2 is 2.07 bits per heavy atom. The molecule has 7 heteroatoms. The van der Waals surface area contributed by atoms with Gasteiger partial charge >= 0.3 is 0 Å². The zero-order chi connectivity index (χ0) is 19.6. The van der Waals surface area contributed by atoms with Crippen LogP contribution in [0, 0.1) is 5.92 Å². The van der Waals surface area contributed by atoms with Crippen LogP contribution in [0.4, 0.5) is 5.82 Å². The Labute approximate surface area is 167 Å². The summed E-state index contributed by atoms with van der Waals surface area (Å²) in [4.78, 5) is 11.5. The van der Waals surface area contributed by atoms with Crippen molar-refractivity contribution in [1.29, 1.82) is 0 Å². The molecule has 0 amide bonds. The SMILES string of the molecule is CCCCCS[C@@H](C)[C@@H](CNCc1c[nH]c2c(N)ncnc12)[C@H](O)CCC. The molecule has 0 fully saturated rings. The predicted octanol–water partition coefficient (Wildman–Crippen LogP) is 3.72. The van der Waals surface area contributed by atoms with E-state index >= 15 is 0 Å². The molecule has 0 aliphatic heterocycles. The van der Waals surface area contributed by atoms with Gasteiger partial charge in [-0.05, 0) is 18.6 Å². The second-order valence-corrected chi connectivity index (χ2v) is 8.72. The van der Waals surface area contributed by atoms with Crippen LogP contribution in [0.2, 0.25) is 0 Å². The molecule has 2 heterocycles. The topological polar surface area (TPSA) is 99.9 Å². The maximum absolute atomic E-state index is 10.7. The molecular weight excluding hydrogens is 358 g/mol. The average Bonchev–Trinajstić information content (AvgIpc) is 3.07. The fourth-order valence-electron chi connectivity index (χ4n) is 3.39. The van der Waals surface area contributed by atoms with Crippen LogP contribution in [-0.2, 0) is 6.54 Å². The number of H-pyrrole nitrogens is 1. The van der Waals surface area contributed by atoms with Gasteiger partial charge < -0.3 is 21.1 Å². The number of rotatable bonds is 13. The molecule has 2 aromatic rings. The van der Waals surface area contributed by atoms with E-state index in [1.165, 1.54) is 31.3 Å².